The van der Waals surface area contributed by atoms with Gasteiger partial charge in [0, 0.05) is 17.9 Å². The Bertz CT molecular complexity index is 422. The highest BCUT2D eigenvalue weighted by Crippen LogP contribution is 2.31. The van der Waals surface area contributed by atoms with Gasteiger partial charge in [0.15, 0.2) is 0 Å². The molecule has 5 heteroatoms. The summed E-state index contributed by atoms with van der Waals surface area (Å²) in [5, 5.41) is 0.669. The van der Waals surface area contributed by atoms with Crippen molar-refractivity contribution < 1.29 is 9.53 Å². The van der Waals surface area contributed by atoms with E-state index in [1.165, 1.54) is 7.11 Å². The Morgan fingerprint density at radius 1 is 1.44 bits per heavy atom. The number of nitrogens with two attached hydrogens (primary N) is 1. The van der Waals surface area contributed by atoms with Crippen molar-refractivity contribution in [3.63, 3.8) is 0 Å². The lowest BCUT2D eigenvalue weighted by molar-refractivity contribution is -0.146. The molecular weight excluding hydrogens is 249 g/mol. The maximum Gasteiger partial charge on any atom is 0.326 e. The fraction of sp³-hybridized carbons (Fsp3) is 0.364. The molecule has 0 fully saturated rings. The highest BCUT2D eigenvalue weighted by atomic mass is 35.5. The lowest BCUT2D eigenvalue weighted by Crippen LogP contribution is -2.49. The summed E-state index contributed by atoms with van der Waals surface area (Å²) in [7, 11) is 1.35. The van der Waals surface area contributed by atoms with Crippen molar-refractivity contribution in [2.45, 2.75) is 18.4 Å². The minimum absolute atomic E-state index is 0. The predicted molar refractivity (Wildman–Crippen MR) is 65.0 cm³/mol. The van der Waals surface area contributed by atoms with Crippen LogP contribution in [0.2, 0.25) is 5.02 Å². The molecule has 0 heterocycles. The van der Waals surface area contributed by atoms with Gasteiger partial charge < -0.3 is 10.5 Å². The van der Waals surface area contributed by atoms with Gasteiger partial charge in [-0.05, 0) is 23.3 Å². The number of hydrogen-bond donors (Lipinski definition) is 1. The van der Waals surface area contributed by atoms with Crippen LogP contribution in [-0.2, 0) is 22.4 Å². The van der Waals surface area contributed by atoms with Gasteiger partial charge in [0.25, 0.3) is 0 Å². The Kier molecular flexibility index (Phi) is 3.84. The fourth-order valence-corrected chi connectivity index (χ4v) is 2.22. The van der Waals surface area contributed by atoms with E-state index in [1.807, 2.05) is 18.2 Å². The molecule has 2 N–H and O–H groups in total. The molecule has 0 spiro atoms. The van der Waals surface area contributed by atoms with Gasteiger partial charge in [0.1, 0.15) is 5.54 Å². The summed E-state index contributed by atoms with van der Waals surface area (Å²) in [6.07, 6.45) is 1.02. The zero-order valence-electron chi connectivity index (χ0n) is 8.83. The van der Waals surface area contributed by atoms with E-state index in [9.17, 15) is 4.79 Å². The monoisotopic (exact) mass is 261 g/mol. The van der Waals surface area contributed by atoms with Crippen molar-refractivity contribution in [1.29, 1.82) is 0 Å². The summed E-state index contributed by atoms with van der Waals surface area (Å²) in [5.41, 5.74) is 7.19. The molecule has 1 aliphatic carbocycles. The molecule has 1 aromatic carbocycles. The van der Waals surface area contributed by atoms with Gasteiger partial charge in [-0.25, -0.2) is 0 Å². The summed E-state index contributed by atoms with van der Waals surface area (Å²) >= 11 is 5.87. The lowest BCUT2D eigenvalue weighted by atomic mass is 9.98. The van der Waals surface area contributed by atoms with Crippen LogP contribution in [0, 0.1) is 0 Å². The Labute approximate surface area is 105 Å². The molecule has 0 bridgehead atoms. The van der Waals surface area contributed by atoms with Crippen LogP contribution in [-0.4, -0.2) is 18.6 Å². The first-order chi connectivity index (χ1) is 7.05. The van der Waals surface area contributed by atoms with Crippen LogP contribution in [0.15, 0.2) is 18.2 Å². The molecule has 1 atom stereocenters. The Morgan fingerprint density at radius 2 is 2.06 bits per heavy atom. The minimum atomic E-state index is -0.915. The molecular formula is C11H13Cl2NO2. The third-order valence-electron chi connectivity index (χ3n) is 2.77. The Hall–Kier alpha value is -0.770. The molecule has 88 valence electrons. The molecule has 0 radical (unpaired) electrons. The molecule has 1 aromatic rings. The lowest BCUT2D eigenvalue weighted by Gasteiger charge is -2.19. The van der Waals surface area contributed by atoms with Crippen molar-refractivity contribution in [2.24, 2.45) is 5.73 Å². The first kappa shape index (κ1) is 13.3. The van der Waals surface area contributed by atoms with Crippen LogP contribution >= 0.6 is 24.0 Å². The number of hydrogen-bond acceptors (Lipinski definition) is 3. The zero-order chi connectivity index (χ0) is 11.1. The summed E-state index contributed by atoms with van der Waals surface area (Å²) < 4.78 is 4.70. The van der Waals surface area contributed by atoms with E-state index in [0.29, 0.717) is 17.9 Å². The number of ether oxygens (including phenoxy) is 1. The first-order valence-corrected chi connectivity index (χ1v) is 5.07. The molecule has 1 aliphatic rings. The van der Waals surface area contributed by atoms with Gasteiger partial charge in [-0.3, -0.25) is 4.79 Å². The maximum atomic E-state index is 11.5. The molecule has 2 rings (SSSR count). The Morgan fingerprint density at radius 3 is 2.69 bits per heavy atom. The van der Waals surface area contributed by atoms with Crippen LogP contribution in [0.3, 0.4) is 0 Å². The van der Waals surface area contributed by atoms with Gasteiger partial charge in [-0.15, -0.1) is 12.4 Å². The quantitative estimate of drug-likeness (QED) is 0.784. The highest BCUT2D eigenvalue weighted by Gasteiger charge is 2.41. The number of methoxy groups -OCH3 is 1. The van der Waals surface area contributed by atoms with Gasteiger partial charge in [-0.1, -0.05) is 17.7 Å². The third kappa shape index (κ3) is 2.17. The summed E-state index contributed by atoms with van der Waals surface area (Å²) in [6.45, 7) is 0. The van der Waals surface area contributed by atoms with Gasteiger partial charge in [0.2, 0.25) is 0 Å². The molecule has 0 saturated heterocycles. The van der Waals surface area contributed by atoms with E-state index in [-0.39, 0.29) is 18.4 Å². The minimum Gasteiger partial charge on any atom is -0.468 e. The molecule has 0 saturated carbocycles. The molecule has 0 aromatic heterocycles. The number of carbonyl (C=O) groups is 1. The van der Waals surface area contributed by atoms with Crippen molar-refractivity contribution in [3.05, 3.63) is 34.3 Å². The standard InChI is InChI=1S/C11H12ClNO2.ClH/c1-15-10(14)11(13)5-7-2-3-9(12)4-8(7)6-11;/h2-4H,5-6,13H2,1H3;1H. The maximum absolute atomic E-state index is 11.5. The number of carbonyl (C=O) groups excluding carboxylic acids is 1. The van der Waals surface area contributed by atoms with Crippen LogP contribution < -0.4 is 5.73 Å². The molecule has 16 heavy (non-hydrogen) atoms. The van der Waals surface area contributed by atoms with Crippen LogP contribution in [0.5, 0.6) is 0 Å². The summed E-state index contributed by atoms with van der Waals surface area (Å²) in [4.78, 5) is 11.5. The number of rotatable bonds is 1. The number of benzene rings is 1. The van der Waals surface area contributed by atoms with Gasteiger partial charge >= 0.3 is 5.97 Å². The van der Waals surface area contributed by atoms with Crippen molar-refractivity contribution in [1.82, 2.24) is 0 Å². The Balaban J connectivity index is 0.00000128. The second kappa shape index (κ2) is 4.62. The van der Waals surface area contributed by atoms with E-state index in [0.717, 1.165) is 11.1 Å². The molecule has 0 aliphatic heterocycles. The fourth-order valence-electron chi connectivity index (χ4n) is 2.02. The van der Waals surface area contributed by atoms with E-state index in [4.69, 9.17) is 22.1 Å². The van der Waals surface area contributed by atoms with E-state index in [1.54, 1.807) is 0 Å². The molecule has 3 nitrogen and oxygen atoms in total. The first-order valence-electron chi connectivity index (χ1n) is 4.70. The third-order valence-corrected chi connectivity index (χ3v) is 3.01. The van der Waals surface area contributed by atoms with Crippen molar-refractivity contribution in [2.75, 3.05) is 7.11 Å². The largest absolute Gasteiger partial charge is 0.468 e. The normalized spacial score (nSPS) is 22.2. The number of fused-ring (bicyclic) bond motifs is 1. The van der Waals surface area contributed by atoms with E-state index >= 15 is 0 Å². The summed E-state index contributed by atoms with van der Waals surface area (Å²) in [6, 6.07) is 5.58. The van der Waals surface area contributed by atoms with Crippen molar-refractivity contribution >= 4 is 30.0 Å². The summed E-state index contributed by atoms with van der Waals surface area (Å²) in [5.74, 6) is -0.366. The van der Waals surface area contributed by atoms with E-state index in [2.05, 4.69) is 0 Å². The van der Waals surface area contributed by atoms with Crippen molar-refractivity contribution in [3.8, 4) is 0 Å². The second-order valence-electron chi connectivity index (χ2n) is 3.91. The average molecular weight is 262 g/mol. The zero-order valence-corrected chi connectivity index (χ0v) is 10.4. The number of esters is 1. The highest BCUT2D eigenvalue weighted by molar-refractivity contribution is 6.30. The van der Waals surface area contributed by atoms with Gasteiger partial charge in [-0.2, -0.15) is 0 Å². The number of halogens is 2. The van der Waals surface area contributed by atoms with Gasteiger partial charge in [0.05, 0.1) is 7.11 Å². The van der Waals surface area contributed by atoms with Crippen LogP contribution in [0.4, 0.5) is 0 Å². The van der Waals surface area contributed by atoms with E-state index < -0.39 is 5.54 Å². The average Bonchev–Trinajstić information content (AvgIpc) is 2.53. The SMILES string of the molecule is COC(=O)C1(N)Cc2ccc(Cl)cc2C1.Cl. The second-order valence-corrected chi connectivity index (χ2v) is 4.35. The topological polar surface area (TPSA) is 52.3 Å². The molecule has 0 amide bonds. The van der Waals surface area contributed by atoms with Crippen LogP contribution in [0.25, 0.3) is 0 Å². The molecule has 1 unspecified atom stereocenters. The van der Waals surface area contributed by atoms with Crippen LogP contribution in [0.1, 0.15) is 11.1 Å². The predicted octanol–water partition coefficient (Wildman–Crippen LogP) is 1.73. The smallest absolute Gasteiger partial charge is 0.326 e.